The Morgan fingerprint density at radius 1 is 1.35 bits per heavy atom. The molecule has 0 bridgehead atoms. The molecule has 7 heteroatoms. The number of rotatable bonds is 4. The molecule has 132 valence electrons. The molecule has 2 aromatic rings. The normalized spacial score (nSPS) is 16.1. The van der Waals surface area contributed by atoms with E-state index in [1.807, 2.05) is 0 Å². The summed E-state index contributed by atoms with van der Waals surface area (Å²) >= 11 is 0. The minimum Gasteiger partial charge on any atom is -0.442 e. The number of halogens is 1. The highest BCUT2D eigenvalue weighted by atomic mass is 19.1. The summed E-state index contributed by atoms with van der Waals surface area (Å²) in [6.45, 7) is 8.78. The molecule has 2 aromatic carbocycles. The van der Waals surface area contributed by atoms with E-state index in [4.69, 9.17) is 11.3 Å². The molecule has 6 nitrogen and oxygen atoms in total. The maximum atomic E-state index is 14.6. The summed E-state index contributed by atoms with van der Waals surface area (Å²) < 4.78 is 19.7. The van der Waals surface area contributed by atoms with Gasteiger partial charge in [0, 0.05) is 12.5 Å². The van der Waals surface area contributed by atoms with Crippen molar-refractivity contribution in [1.82, 2.24) is 5.32 Å². The quantitative estimate of drug-likeness (QED) is 0.856. The lowest BCUT2D eigenvalue weighted by Crippen LogP contribution is -2.33. The van der Waals surface area contributed by atoms with E-state index in [1.165, 1.54) is 17.9 Å². The van der Waals surface area contributed by atoms with Crippen LogP contribution in [0.1, 0.15) is 6.92 Å². The van der Waals surface area contributed by atoms with Crippen molar-refractivity contribution in [2.45, 2.75) is 13.0 Å². The maximum Gasteiger partial charge on any atom is 0.414 e. The van der Waals surface area contributed by atoms with Crippen LogP contribution in [0.5, 0.6) is 0 Å². The van der Waals surface area contributed by atoms with Gasteiger partial charge in [-0.25, -0.2) is 14.0 Å². The van der Waals surface area contributed by atoms with Gasteiger partial charge in [-0.05, 0) is 23.8 Å². The molecule has 26 heavy (non-hydrogen) atoms. The molecule has 1 saturated heterocycles. The van der Waals surface area contributed by atoms with Crippen molar-refractivity contribution < 1.29 is 18.7 Å². The summed E-state index contributed by atoms with van der Waals surface area (Å²) in [5, 5.41) is 2.59. The van der Waals surface area contributed by atoms with Crippen LogP contribution in [0.25, 0.3) is 16.0 Å². The average Bonchev–Trinajstić information content (AvgIpc) is 3.01. The van der Waals surface area contributed by atoms with Crippen molar-refractivity contribution in [3.63, 3.8) is 0 Å². The minimum atomic E-state index is -0.575. The summed E-state index contributed by atoms with van der Waals surface area (Å²) in [5.74, 6) is -0.685. The standard InChI is InChI=1S/C19H16FN3O3/c1-12(24)22-10-16-11-23(19(25)26-16)15-7-8-17(18(20)9-15)13-3-5-14(21-2)6-4-13/h3-9,16H,10-11H2,1H3,(H,22,24)/t16-/m0/s1. The van der Waals surface area contributed by atoms with E-state index in [0.29, 0.717) is 22.5 Å². The fourth-order valence-electron chi connectivity index (χ4n) is 2.72. The van der Waals surface area contributed by atoms with Crippen LogP contribution in [0, 0.1) is 12.4 Å². The van der Waals surface area contributed by atoms with Crippen LogP contribution in [-0.4, -0.2) is 31.2 Å². The first-order chi connectivity index (χ1) is 12.5. The molecule has 1 heterocycles. The third-order valence-electron chi connectivity index (χ3n) is 4.02. The van der Waals surface area contributed by atoms with Gasteiger partial charge in [-0.2, -0.15) is 0 Å². The fraction of sp³-hybridized carbons (Fsp3) is 0.211. The van der Waals surface area contributed by atoms with Crippen molar-refractivity contribution >= 4 is 23.4 Å². The Hall–Kier alpha value is -3.40. The van der Waals surface area contributed by atoms with Crippen LogP contribution >= 0.6 is 0 Å². The average molecular weight is 353 g/mol. The van der Waals surface area contributed by atoms with Gasteiger partial charge in [-0.3, -0.25) is 9.69 Å². The van der Waals surface area contributed by atoms with E-state index in [1.54, 1.807) is 36.4 Å². The maximum absolute atomic E-state index is 14.6. The van der Waals surface area contributed by atoms with Gasteiger partial charge in [0.05, 0.1) is 25.3 Å². The number of carbonyl (C=O) groups is 2. The number of nitrogens with zero attached hydrogens (tertiary/aromatic N) is 2. The summed E-state index contributed by atoms with van der Waals surface area (Å²) in [6, 6.07) is 11.1. The zero-order chi connectivity index (χ0) is 18.7. The Morgan fingerprint density at radius 2 is 2.08 bits per heavy atom. The van der Waals surface area contributed by atoms with Crippen molar-refractivity contribution in [1.29, 1.82) is 0 Å². The molecule has 0 saturated carbocycles. The molecular weight excluding hydrogens is 337 g/mol. The van der Waals surface area contributed by atoms with Gasteiger partial charge >= 0.3 is 6.09 Å². The van der Waals surface area contributed by atoms with Crippen LogP contribution in [0.15, 0.2) is 42.5 Å². The third-order valence-corrected chi connectivity index (χ3v) is 4.02. The second kappa shape index (κ2) is 7.23. The number of amides is 2. The first-order valence-corrected chi connectivity index (χ1v) is 7.98. The van der Waals surface area contributed by atoms with Crippen molar-refractivity contribution in [2.24, 2.45) is 0 Å². The molecule has 0 radical (unpaired) electrons. The molecule has 1 atom stereocenters. The first kappa shape index (κ1) is 17.4. The Balaban J connectivity index is 1.78. The molecule has 0 spiro atoms. The smallest absolute Gasteiger partial charge is 0.414 e. The van der Waals surface area contributed by atoms with Crippen LogP contribution in [0.4, 0.5) is 20.6 Å². The lowest BCUT2D eigenvalue weighted by molar-refractivity contribution is -0.119. The zero-order valence-electron chi connectivity index (χ0n) is 14.0. The van der Waals surface area contributed by atoms with Gasteiger partial charge in [-0.15, -0.1) is 0 Å². The highest BCUT2D eigenvalue weighted by Crippen LogP contribution is 2.30. The Kier molecular flexibility index (Phi) is 4.85. The van der Waals surface area contributed by atoms with Gasteiger partial charge in [0.2, 0.25) is 5.91 Å². The van der Waals surface area contributed by atoms with Crippen LogP contribution < -0.4 is 10.2 Å². The molecule has 1 aliphatic rings. The Labute approximate surface area is 150 Å². The van der Waals surface area contributed by atoms with Crippen LogP contribution in [0.3, 0.4) is 0 Å². The minimum absolute atomic E-state index is 0.209. The second-order valence-corrected chi connectivity index (χ2v) is 5.88. The Bertz CT molecular complexity index is 890. The van der Waals surface area contributed by atoms with Gasteiger partial charge < -0.3 is 10.1 Å². The van der Waals surface area contributed by atoms with Crippen molar-refractivity contribution in [3.05, 3.63) is 59.7 Å². The zero-order valence-corrected chi connectivity index (χ0v) is 14.0. The summed E-state index contributed by atoms with van der Waals surface area (Å²) in [4.78, 5) is 27.6. The summed E-state index contributed by atoms with van der Waals surface area (Å²) in [6.07, 6.45) is -1.05. The lowest BCUT2D eigenvalue weighted by atomic mass is 10.0. The van der Waals surface area contributed by atoms with Crippen molar-refractivity contribution in [3.8, 4) is 11.1 Å². The Morgan fingerprint density at radius 3 is 2.69 bits per heavy atom. The molecule has 0 unspecified atom stereocenters. The SMILES string of the molecule is [C-]#[N+]c1ccc(-c2ccc(N3C[C@H](CNC(C)=O)OC3=O)cc2F)cc1. The number of nitrogens with one attached hydrogen (secondary N) is 1. The number of carbonyl (C=O) groups excluding carboxylic acids is 2. The van der Waals surface area contributed by atoms with Crippen LogP contribution in [-0.2, 0) is 9.53 Å². The highest BCUT2D eigenvalue weighted by Gasteiger charge is 2.32. The molecule has 1 aliphatic heterocycles. The number of hydrogen-bond acceptors (Lipinski definition) is 3. The first-order valence-electron chi connectivity index (χ1n) is 7.98. The van der Waals surface area contributed by atoms with Gasteiger partial charge in [-0.1, -0.05) is 24.3 Å². The number of ether oxygens (including phenoxy) is 1. The summed E-state index contributed by atoms with van der Waals surface area (Å²) in [7, 11) is 0. The van der Waals surface area contributed by atoms with E-state index in [0.717, 1.165) is 0 Å². The summed E-state index contributed by atoms with van der Waals surface area (Å²) in [5.41, 5.74) is 1.90. The predicted octanol–water partition coefficient (Wildman–Crippen LogP) is 3.50. The molecule has 0 aromatic heterocycles. The predicted molar refractivity (Wildman–Crippen MR) is 94.4 cm³/mol. The van der Waals surface area contributed by atoms with Gasteiger partial charge in [0.15, 0.2) is 5.69 Å². The molecular formula is C19H16FN3O3. The number of anilines is 1. The molecule has 1 fully saturated rings. The highest BCUT2D eigenvalue weighted by molar-refractivity contribution is 5.90. The van der Waals surface area contributed by atoms with E-state index >= 15 is 0 Å². The van der Waals surface area contributed by atoms with Gasteiger partial charge in [0.25, 0.3) is 0 Å². The third kappa shape index (κ3) is 3.64. The number of hydrogen-bond donors (Lipinski definition) is 1. The molecule has 0 aliphatic carbocycles. The van der Waals surface area contributed by atoms with E-state index in [9.17, 15) is 14.0 Å². The number of cyclic esters (lactones) is 1. The van der Waals surface area contributed by atoms with E-state index < -0.39 is 18.0 Å². The molecule has 1 N–H and O–H groups in total. The van der Waals surface area contributed by atoms with Gasteiger partial charge in [0.1, 0.15) is 11.9 Å². The van der Waals surface area contributed by atoms with Crippen molar-refractivity contribution in [2.75, 3.05) is 18.0 Å². The number of benzene rings is 2. The monoisotopic (exact) mass is 353 g/mol. The molecule has 3 rings (SSSR count). The lowest BCUT2D eigenvalue weighted by Gasteiger charge is -2.14. The van der Waals surface area contributed by atoms with Crippen LogP contribution in [0.2, 0.25) is 0 Å². The van der Waals surface area contributed by atoms with E-state index in [2.05, 4.69) is 10.2 Å². The topological polar surface area (TPSA) is 63.0 Å². The second-order valence-electron chi connectivity index (χ2n) is 5.88. The molecule has 2 amide bonds. The largest absolute Gasteiger partial charge is 0.442 e. The van der Waals surface area contributed by atoms with E-state index in [-0.39, 0.29) is 19.0 Å². The fourth-order valence-corrected chi connectivity index (χ4v) is 2.72.